The molecule has 0 atom stereocenters. The first-order valence-electron chi connectivity index (χ1n) is 13.3. The lowest BCUT2D eigenvalue weighted by Gasteiger charge is -2.39. The standard InChI is InChI=1S/C28H49NO/c1-4-7-10-13-17-25(18-14-11-8-5-2)26-19-16-20-27(22-26)30-28-23-29(24-28)21-15-12-9-6-3/h16,19-20,22,25,28H,4-15,17-18,21,23-24H2,1-3H3. The van der Waals surface area contributed by atoms with Gasteiger partial charge in [0.2, 0.25) is 0 Å². The zero-order chi connectivity index (χ0) is 21.4. The lowest BCUT2D eigenvalue weighted by molar-refractivity contribution is 0.0190. The van der Waals surface area contributed by atoms with Gasteiger partial charge in [0, 0.05) is 13.1 Å². The molecule has 0 unspecified atom stereocenters. The number of benzene rings is 1. The molecule has 0 aromatic heterocycles. The summed E-state index contributed by atoms with van der Waals surface area (Å²) in [4.78, 5) is 2.55. The second kappa shape index (κ2) is 15.7. The summed E-state index contributed by atoms with van der Waals surface area (Å²) in [6.07, 6.45) is 19.4. The van der Waals surface area contributed by atoms with E-state index in [0.29, 0.717) is 12.0 Å². The molecular weight excluding hydrogens is 366 g/mol. The lowest BCUT2D eigenvalue weighted by Crippen LogP contribution is -2.53. The van der Waals surface area contributed by atoms with Gasteiger partial charge in [0.1, 0.15) is 11.9 Å². The molecule has 1 aromatic carbocycles. The van der Waals surface area contributed by atoms with Crippen LogP contribution in [0.1, 0.15) is 122 Å². The Hall–Kier alpha value is -1.02. The average molecular weight is 416 g/mol. The summed E-state index contributed by atoms with van der Waals surface area (Å²) in [5.74, 6) is 1.80. The van der Waals surface area contributed by atoms with Crippen LogP contribution < -0.4 is 4.74 Å². The summed E-state index contributed by atoms with van der Waals surface area (Å²) < 4.78 is 6.34. The molecular formula is C28H49NO. The smallest absolute Gasteiger partial charge is 0.124 e. The van der Waals surface area contributed by atoms with Crippen molar-refractivity contribution in [2.24, 2.45) is 0 Å². The van der Waals surface area contributed by atoms with Crippen LogP contribution in [-0.4, -0.2) is 30.6 Å². The molecule has 2 rings (SSSR count). The van der Waals surface area contributed by atoms with Gasteiger partial charge in [-0.25, -0.2) is 0 Å². The Morgan fingerprint density at radius 1 is 0.800 bits per heavy atom. The van der Waals surface area contributed by atoms with Gasteiger partial charge in [0.15, 0.2) is 0 Å². The predicted molar refractivity (Wildman–Crippen MR) is 132 cm³/mol. The summed E-state index contributed by atoms with van der Waals surface area (Å²) in [6, 6.07) is 9.09. The van der Waals surface area contributed by atoms with E-state index in [1.165, 1.54) is 102 Å². The zero-order valence-corrected chi connectivity index (χ0v) is 20.3. The molecule has 1 aliphatic heterocycles. The maximum Gasteiger partial charge on any atom is 0.124 e. The molecule has 1 heterocycles. The second-order valence-electron chi connectivity index (χ2n) is 9.53. The van der Waals surface area contributed by atoms with Crippen LogP contribution in [0.15, 0.2) is 24.3 Å². The molecule has 0 N–H and O–H groups in total. The molecule has 2 nitrogen and oxygen atoms in total. The van der Waals surface area contributed by atoms with Crippen molar-refractivity contribution >= 4 is 0 Å². The third-order valence-electron chi connectivity index (χ3n) is 6.70. The molecule has 1 saturated heterocycles. The van der Waals surface area contributed by atoms with Gasteiger partial charge < -0.3 is 4.74 Å². The second-order valence-corrected chi connectivity index (χ2v) is 9.53. The van der Waals surface area contributed by atoms with Gasteiger partial charge in [0.25, 0.3) is 0 Å². The van der Waals surface area contributed by atoms with Gasteiger partial charge in [0.05, 0.1) is 0 Å². The minimum Gasteiger partial charge on any atom is -0.488 e. The van der Waals surface area contributed by atoms with Crippen LogP contribution >= 0.6 is 0 Å². The monoisotopic (exact) mass is 415 g/mol. The number of hydrogen-bond acceptors (Lipinski definition) is 2. The van der Waals surface area contributed by atoms with E-state index in [-0.39, 0.29) is 0 Å². The van der Waals surface area contributed by atoms with E-state index >= 15 is 0 Å². The molecule has 1 fully saturated rings. The highest BCUT2D eigenvalue weighted by Crippen LogP contribution is 2.31. The first-order valence-corrected chi connectivity index (χ1v) is 13.3. The average Bonchev–Trinajstić information content (AvgIpc) is 2.73. The quantitative estimate of drug-likeness (QED) is 0.223. The third kappa shape index (κ3) is 9.86. The van der Waals surface area contributed by atoms with Gasteiger partial charge in [-0.1, -0.05) is 104 Å². The molecule has 1 aromatic rings. The van der Waals surface area contributed by atoms with E-state index in [1.54, 1.807) is 0 Å². The first kappa shape index (κ1) is 25.2. The van der Waals surface area contributed by atoms with E-state index < -0.39 is 0 Å². The molecule has 0 radical (unpaired) electrons. The lowest BCUT2D eigenvalue weighted by atomic mass is 9.88. The molecule has 2 heteroatoms. The highest BCUT2D eigenvalue weighted by atomic mass is 16.5. The fourth-order valence-electron chi connectivity index (χ4n) is 4.69. The highest BCUT2D eigenvalue weighted by molar-refractivity contribution is 5.31. The minimum atomic E-state index is 0.388. The fourth-order valence-corrected chi connectivity index (χ4v) is 4.69. The summed E-state index contributed by atoms with van der Waals surface area (Å²) in [5.41, 5.74) is 1.51. The normalized spacial score (nSPS) is 14.9. The summed E-state index contributed by atoms with van der Waals surface area (Å²) in [7, 11) is 0. The summed E-state index contributed by atoms with van der Waals surface area (Å²) in [5, 5.41) is 0. The zero-order valence-electron chi connectivity index (χ0n) is 20.3. The first-order chi connectivity index (χ1) is 14.8. The van der Waals surface area contributed by atoms with Crippen molar-refractivity contribution in [2.45, 2.75) is 123 Å². The van der Waals surface area contributed by atoms with E-state index in [2.05, 4.69) is 49.9 Å². The van der Waals surface area contributed by atoms with Gasteiger partial charge in [-0.05, 0) is 49.4 Å². The molecule has 0 spiro atoms. The Bertz CT molecular complexity index is 525. The number of unbranched alkanes of at least 4 members (excludes halogenated alkanes) is 9. The molecule has 0 bridgehead atoms. The SMILES string of the molecule is CCCCCCC(CCCCCC)c1cccc(OC2CN(CCCCCC)C2)c1. The Kier molecular flexibility index (Phi) is 13.2. The predicted octanol–water partition coefficient (Wildman–Crippen LogP) is 8.35. The number of nitrogens with zero attached hydrogens (tertiary/aromatic N) is 1. The molecule has 0 aliphatic carbocycles. The number of rotatable bonds is 18. The largest absolute Gasteiger partial charge is 0.488 e. The molecule has 172 valence electrons. The molecule has 0 saturated carbocycles. The van der Waals surface area contributed by atoms with Gasteiger partial charge in [-0.2, -0.15) is 0 Å². The van der Waals surface area contributed by atoms with E-state index in [4.69, 9.17) is 4.74 Å². The van der Waals surface area contributed by atoms with Gasteiger partial charge in [-0.15, -0.1) is 0 Å². The number of likely N-dealkylation sites (tertiary alicyclic amines) is 1. The van der Waals surface area contributed by atoms with Crippen molar-refractivity contribution in [1.82, 2.24) is 4.90 Å². The number of ether oxygens (including phenoxy) is 1. The Labute approximate surface area is 187 Å². The maximum atomic E-state index is 6.34. The summed E-state index contributed by atoms with van der Waals surface area (Å²) in [6.45, 7) is 10.3. The van der Waals surface area contributed by atoms with Crippen molar-refractivity contribution in [3.63, 3.8) is 0 Å². The fraction of sp³-hybridized carbons (Fsp3) is 0.786. The van der Waals surface area contributed by atoms with Gasteiger partial charge >= 0.3 is 0 Å². The van der Waals surface area contributed by atoms with Crippen molar-refractivity contribution in [3.05, 3.63) is 29.8 Å². The number of hydrogen-bond donors (Lipinski definition) is 0. The van der Waals surface area contributed by atoms with Crippen LogP contribution in [0.5, 0.6) is 5.75 Å². The minimum absolute atomic E-state index is 0.388. The third-order valence-corrected chi connectivity index (χ3v) is 6.70. The van der Waals surface area contributed by atoms with Gasteiger partial charge in [-0.3, -0.25) is 4.90 Å². The Morgan fingerprint density at radius 2 is 1.40 bits per heavy atom. The van der Waals surface area contributed by atoms with Crippen molar-refractivity contribution < 1.29 is 4.74 Å². The van der Waals surface area contributed by atoms with Crippen LogP contribution in [-0.2, 0) is 0 Å². The van der Waals surface area contributed by atoms with Crippen LogP contribution in [0, 0.1) is 0 Å². The van der Waals surface area contributed by atoms with Crippen molar-refractivity contribution in [3.8, 4) is 5.75 Å². The Morgan fingerprint density at radius 3 is 2.00 bits per heavy atom. The van der Waals surface area contributed by atoms with E-state index in [0.717, 1.165) is 18.8 Å². The van der Waals surface area contributed by atoms with Crippen molar-refractivity contribution in [2.75, 3.05) is 19.6 Å². The highest BCUT2D eigenvalue weighted by Gasteiger charge is 2.27. The van der Waals surface area contributed by atoms with Crippen LogP contribution in [0.3, 0.4) is 0 Å². The van der Waals surface area contributed by atoms with Crippen LogP contribution in [0.2, 0.25) is 0 Å². The molecule has 0 amide bonds. The van der Waals surface area contributed by atoms with E-state index in [1.807, 2.05) is 0 Å². The topological polar surface area (TPSA) is 12.5 Å². The Balaban J connectivity index is 1.80. The van der Waals surface area contributed by atoms with Crippen molar-refractivity contribution in [1.29, 1.82) is 0 Å². The molecule has 30 heavy (non-hydrogen) atoms. The van der Waals surface area contributed by atoms with Crippen LogP contribution in [0.4, 0.5) is 0 Å². The van der Waals surface area contributed by atoms with Crippen LogP contribution in [0.25, 0.3) is 0 Å². The van der Waals surface area contributed by atoms with E-state index in [9.17, 15) is 0 Å². The maximum absolute atomic E-state index is 6.34. The molecule has 1 aliphatic rings. The summed E-state index contributed by atoms with van der Waals surface area (Å²) >= 11 is 0.